The molecule has 0 aliphatic carbocycles. The fourth-order valence-corrected chi connectivity index (χ4v) is 0.701. The van der Waals surface area contributed by atoms with Crippen LogP contribution in [0.2, 0.25) is 0 Å². The minimum Gasteiger partial charge on any atom is -0.396 e. The van der Waals surface area contributed by atoms with E-state index < -0.39 is 6.10 Å². The van der Waals surface area contributed by atoms with E-state index in [0.717, 1.165) is 6.42 Å². The highest BCUT2D eigenvalue weighted by molar-refractivity contribution is 4.51. The van der Waals surface area contributed by atoms with Crippen molar-refractivity contribution in [1.29, 1.82) is 0 Å². The van der Waals surface area contributed by atoms with Gasteiger partial charge in [0.15, 0.2) is 0 Å². The molecule has 1 unspecified atom stereocenters. The lowest BCUT2D eigenvalue weighted by atomic mass is 10.2. The molecule has 0 radical (unpaired) electrons. The van der Waals surface area contributed by atoms with Gasteiger partial charge in [0.2, 0.25) is 0 Å². The third-order valence-electron chi connectivity index (χ3n) is 1.39. The smallest absolute Gasteiger partial charge is 0.145 e. The highest BCUT2D eigenvalue weighted by Gasteiger charge is 1.99. The van der Waals surface area contributed by atoms with Crippen LogP contribution in [-0.2, 0) is 9.47 Å². The molecule has 0 saturated heterocycles. The molecule has 0 fully saturated rings. The van der Waals surface area contributed by atoms with Crippen molar-refractivity contribution in [3.8, 4) is 0 Å². The number of hydrogen-bond acceptors (Lipinski definition) is 5. The van der Waals surface area contributed by atoms with Crippen molar-refractivity contribution in [1.82, 2.24) is 0 Å². The largest absolute Gasteiger partial charge is 0.396 e. The molecule has 0 aromatic carbocycles. The standard InChI is InChI=1S/C6H14O3.C3H8O2/c7-4-2-1-3-6(9)5-8;1-4-3-5-2/h6-9H,1-5H2;3H2,1-2H3. The van der Waals surface area contributed by atoms with Gasteiger partial charge in [0.05, 0.1) is 12.7 Å². The van der Waals surface area contributed by atoms with Gasteiger partial charge in [-0.05, 0) is 19.3 Å². The van der Waals surface area contributed by atoms with Crippen LogP contribution in [-0.4, -0.2) is 55.6 Å². The molecule has 0 aromatic rings. The van der Waals surface area contributed by atoms with E-state index in [1.165, 1.54) is 0 Å². The molecule has 14 heavy (non-hydrogen) atoms. The Balaban J connectivity index is 0. The zero-order valence-corrected chi connectivity index (χ0v) is 8.98. The molecule has 5 heteroatoms. The zero-order chi connectivity index (χ0) is 11.2. The average molecular weight is 210 g/mol. The highest BCUT2D eigenvalue weighted by atomic mass is 16.6. The van der Waals surface area contributed by atoms with Crippen LogP contribution in [0.3, 0.4) is 0 Å². The Morgan fingerprint density at radius 2 is 1.64 bits per heavy atom. The van der Waals surface area contributed by atoms with Gasteiger partial charge in [-0.3, -0.25) is 0 Å². The van der Waals surface area contributed by atoms with Crippen molar-refractivity contribution in [2.45, 2.75) is 25.4 Å². The van der Waals surface area contributed by atoms with Gasteiger partial charge in [-0.2, -0.15) is 0 Å². The van der Waals surface area contributed by atoms with Crippen LogP contribution in [0, 0.1) is 0 Å². The van der Waals surface area contributed by atoms with Gasteiger partial charge in [-0.15, -0.1) is 0 Å². The van der Waals surface area contributed by atoms with Crippen molar-refractivity contribution >= 4 is 0 Å². The molecule has 0 spiro atoms. The van der Waals surface area contributed by atoms with E-state index in [-0.39, 0.29) is 13.2 Å². The number of ether oxygens (including phenoxy) is 2. The molecule has 3 N–H and O–H groups in total. The summed E-state index contributed by atoms with van der Waals surface area (Å²) >= 11 is 0. The molecule has 0 aromatic heterocycles. The van der Waals surface area contributed by atoms with Gasteiger partial charge >= 0.3 is 0 Å². The van der Waals surface area contributed by atoms with Crippen LogP contribution in [0.5, 0.6) is 0 Å². The van der Waals surface area contributed by atoms with Crippen molar-refractivity contribution in [3.05, 3.63) is 0 Å². The summed E-state index contributed by atoms with van der Waals surface area (Å²) in [5, 5.41) is 25.4. The molecule has 5 nitrogen and oxygen atoms in total. The molecule has 0 bridgehead atoms. The third-order valence-corrected chi connectivity index (χ3v) is 1.39. The third kappa shape index (κ3) is 17.8. The fourth-order valence-electron chi connectivity index (χ4n) is 0.701. The summed E-state index contributed by atoms with van der Waals surface area (Å²) in [6.07, 6.45) is 1.46. The van der Waals surface area contributed by atoms with E-state index in [9.17, 15) is 0 Å². The van der Waals surface area contributed by atoms with Gasteiger partial charge in [-0.1, -0.05) is 0 Å². The minimum absolute atomic E-state index is 0.165. The number of aliphatic hydroxyl groups is 3. The van der Waals surface area contributed by atoms with Crippen LogP contribution in [0.4, 0.5) is 0 Å². The summed E-state index contributed by atoms with van der Waals surface area (Å²) < 4.78 is 8.94. The molecule has 0 saturated carbocycles. The second-order valence-corrected chi connectivity index (χ2v) is 2.75. The van der Waals surface area contributed by atoms with E-state index in [1.54, 1.807) is 14.2 Å². The van der Waals surface area contributed by atoms with E-state index in [4.69, 9.17) is 15.3 Å². The van der Waals surface area contributed by atoms with E-state index in [1.807, 2.05) is 0 Å². The molecule has 0 amide bonds. The number of aliphatic hydroxyl groups excluding tert-OH is 3. The lowest BCUT2D eigenvalue weighted by Crippen LogP contribution is -2.11. The summed E-state index contributed by atoms with van der Waals surface area (Å²) in [7, 11) is 3.17. The van der Waals surface area contributed by atoms with Crippen LogP contribution < -0.4 is 0 Å². The maximum Gasteiger partial charge on any atom is 0.145 e. The van der Waals surface area contributed by atoms with Crippen LogP contribution in [0.1, 0.15) is 19.3 Å². The zero-order valence-electron chi connectivity index (χ0n) is 8.98. The highest BCUT2D eigenvalue weighted by Crippen LogP contribution is 1.98. The SMILES string of the molecule is COCOC.OCCCCC(O)CO. The van der Waals surface area contributed by atoms with Crippen molar-refractivity contribution in [3.63, 3.8) is 0 Å². The van der Waals surface area contributed by atoms with Crippen molar-refractivity contribution < 1.29 is 24.8 Å². The topological polar surface area (TPSA) is 79.2 Å². The molecule has 0 heterocycles. The number of hydrogen-bond donors (Lipinski definition) is 3. The number of methoxy groups -OCH3 is 2. The fraction of sp³-hybridized carbons (Fsp3) is 1.00. The first-order valence-corrected chi connectivity index (χ1v) is 4.60. The van der Waals surface area contributed by atoms with Crippen molar-refractivity contribution in [2.24, 2.45) is 0 Å². The Morgan fingerprint density at radius 3 is 1.93 bits per heavy atom. The van der Waals surface area contributed by atoms with Crippen LogP contribution >= 0.6 is 0 Å². The Labute approximate surface area is 85.3 Å². The van der Waals surface area contributed by atoms with Crippen LogP contribution in [0.15, 0.2) is 0 Å². The van der Waals surface area contributed by atoms with Gasteiger partial charge in [-0.25, -0.2) is 0 Å². The monoisotopic (exact) mass is 210 g/mol. The van der Waals surface area contributed by atoms with E-state index >= 15 is 0 Å². The second-order valence-electron chi connectivity index (χ2n) is 2.75. The molecule has 0 aliphatic rings. The molecular weight excluding hydrogens is 188 g/mol. The maximum absolute atomic E-state index is 8.75. The summed E-state index contributed by atoms with van der Waals surface area (Å²) in [5.74, 6) is 0. The Kier molecular flexibility index (Phi) is 17.7. The summed E-state index contributed by atoms with van der Waals surface area (Å²) in [4.78, 5) is 0. The first-order chi connectivity index (χ1) is 6.72. The predicted octanol–water partition coefficient (Wildman–Crippen LogP) is -0.261. The Bertz CT molecular complexity index is 87.3. The second kappa shape index (κ2) is 15.3. The molecular formula is C9H22O5. The number of unbranched alkanes of at least 4 members (excludes halogenated alkanes) is 1. The molecule has 0 rings (SSSR count). The molecule has 88 valence electrons. The van der Waals surface area contributed by atoms with Gasteiger partial charge in [0, 0.05) is 20.8 Å². The van der Waals surface area contributed by atoms with Gasteiger partial charge in [0.25, 0.3) is 0 Å². The lowest BCUT2D eigenvalue weighted by molar-refractivity contribution is -0.00271. The van der Waals surface area contributed by atoms with Gasteiger partial charge in [0.1, 0.15) is 6.79 Å². The first-order valence-electron chi connectivity index (χ1n) is 4.60. The Hall–Kier alpha value is -0.200. The summed E-state index contributed by atoms with van der Waals surface area (Å²) in [5.41, 5.74) is 0. The van der Waals surface area contributed by atoms with E-state index in [0.29, 0.717) is 19.6 Å². The normalized spacial score (nSPS) is 11.8. The molecule has 0 aliphatic heterocycles. The molecule has 1 atom stereocenters. The van der Waals surface area contributed by atoms with Gasteiger partial charge < -0.3 is 24.8 Å². The van der Waals surface area contributed by atoms with Crippen molar-refractivity contribution in [2.75, 3.05) is 34.2 Å². The maximum atomic E-state index is 8.75. The number of rotatable bonds is 7. The quantitative estimate of drug-likeness (QED) is 0.398. The Morgan fingerprint density at radius 1 is 1.07 bits per heavy atom. The summed E-state index contributed by atoms with van der Waals surface area (Å²) in [6.45, 7) is 0.379. The van der Waals surface area contributed by atoms with E-state index in [2.05, 4.69) is 9.47 Å². The predicted molar refractivity (Wildman–Crippen MR) is 52.9 cm³/mol. The first kappa shape index (κ1) is 16.2. The summed E-state index contributed by atoms with van der Waals surface area (Å²) in [6, 6.07) is 0. The average Bonchev–Trinajstić information content (AvgIpc) is 2.20. The lowest BCUT2D eigenvalue weighted by Gasteiger charge is -2.03. The minimum atomic E-state index is -0.600. The van der Waals surface area contributed by atoms with Crippen LogP contribution in [0.25, 0.3) is 0 Å².